The van der Waals surface area contributed by atoms with E-state index in [9.17, 15) is 0 Å². The summed E-state index contributed by atoms with van der Waals surface area (Å²) in [5.41, 5.74) is 1.44. The third-order valence-corrected chi connectivity index (χ3v) is 4.96. The van der Waals surface area contributed by atoms with Crippen LogP contribution in [0.4, 0.5) is 0 Å². The number of hydrogen-bond donors (Lipinski definition) is 1. The van der Waals surface area contributed by atoms with Crippen molar-refractivity contribution in [3.63, 3.8) is 0 Å². The zero-order valence-electron chi connectivity index (χ0n) is 11.7. The summed E-state index contributed by atoms with van der Waals surface area (Å²) in [6.45, 7) is 4.00. The minimum absolute atomic E-state index is 0.383. The second-order valence-electron chi connectivity index (χ2n) is 6.27. The standard InChI is InChI=1S/C17H25NO/c19-11-8-16-12-17(16)15-6-9-18(10-7-15)13-14-4-2-1-3-5-14/h1-5,15-17,19H,6-13H2. The van der Waals surface area contributed by atoms with Gasteiger partial charge in [-0.2, -0.15) is 0 Å². The van der Waals surface area contributed by atoms with E-state index in [2.05, 4.69) is 35.2 Å². The van der Waals surface area contributed by atoms with Gasteiger partial charge in [-0.1, -0.05) is 30.3 Å². The van der Waals surface area contributed by atoms with Crippen LogP contribution in [0.2, 0.25) is 0 Å². The molecule has 1 aliphatic carbocycles. The van der Waals surface area contributed by atoms with Gasteiger partial charge in [0.15, 0.2) is 0 Å². The molecule has 2 atom stereocenters. The number of piperidine rings is 1. The fourth-order valence-electron chi connectivity index (χ4n) is 3.73. The molecule has 1 N–H and O–H groups in total. The van der Waals surface area contributed by atoms with E-state index in [0.717, 1.165) is 30.7 Å². The number of nitrogens with zero attached hydrogens (tertiary/aromatic N) is 1. The Hall–Kier alpha value is -0.860. The van der Waals surface area contributed by atoms with Crippen LogP contribution in [-0.4, -0.2) is 29.7 Å². The topological polar surface area (TPSA) is 23.5 Å². The molecule has 1 aromatic carbocycles. The van der Waals surface area contributed by atoms with Crippen LogP contribution in [0.3, 0.4) is 0 Å². The second-order valence-corrected chi connectivity index (χ2v) is 6.27. The molecule has 1 aliphatic heterocycles. The van der Waals surface area contributed by atoms with Crippen LogP contribution in [0.15, 0.2) is 30.3 Å². The molecule has 1 saturated heterocycles. The van der Waals surface area contributed by atoms with Crippen LogP contribution in [0.1, 0.15) is 31.2 Å². The summed E-state index contributed by atoms with van der Waals surface area (Å²) < 4.78 is 0. The molecule has 0 radical (unpaired) electrons. The summed E-state index contributed by atoms with van der Waals surface area (Å²) in [5.74, 6) is 2.71. The molecule has 0 amide bonds. The second kappa shape index (κ2) is 6.06. The van der Waals surface area contributed by atoms with Gasteiger partial charge in [0.1, 0.15) is 0 Å². The van der Waals surface area contributed by atoms with E-state index in [0.29, 0.717) is 6.61 Å². The first kappa shape index (κ1) is 13.1. The monoisotopic (exact) mass is 259 g/mol. The van der Waals surface area contributed by atoms with Crippen LogP contribution >= 0.6 is 0 Å². The highest BCUT2D eigenvalue weighted by Crippen LogP contribution is 2.49. The summed E-state index contributed by atoms with van der Waals surface area (Å²) in [5, 5.41) is 8.99. The fourth-order valence-corrected chi connectivity index (χ4v) is 3.73. The van der Waals surface area contributed by atoms with Gasteiger partial charge in [-0.15, -0.1) is 0 Å². The van der Waals surface area contributed by atoms with Gasteiger partial charge in [0.25, 0.3) is 0 Å². The van der Waals surface area contributed by atoms with Crippen molar-refractivity contribution in [3.8, 4) is 0 Å². The third kappa shape index (κ3) is 3.37. The Morgan fingerprint density at radius 3 is 2.53 bits per heavy atom. The predicted molar refractivity (Wildman–Crippen MR) is 77.7 cm³/mol. The summed E-state index contributed by atoms with van der Waals surface area (Å²) in [6.07, 6.45) is 5.14. The fraction of sp³-hybridized carbons (Fsp3) is 0.647. The molecule has 0 bridgehead atoms. The highest BCUT2D eigenvalue weighted by molar-refractivity contribution is 5.14. The van der Waals surface area contributed by atoms with Gasteiger partial charge in [0, 0.05) is 13.2 Å². The first-order valence-electron chi connectivity index (χ1n) is 7.74. The van der Waals surface area contributed by atoms with Crippen molar-refractivity contribution in [3.05, 3.63) is 35.9 Å². The van der Waals surface area contributed by atoms with Gasteiger partial charge in [-0.05, 0) is 62.1 Å². The Morgan fingerprint density at radius 1 is 1.11 bits per heavy atom. The zero-order chi connectivity index (χ0) is 13.1. The molecule has 1 saturated carbocycles. The average molecular weight is 259 g/mol. The van der Waals surface area contributed by atoms with Crippen LogP contribution in [0.5, 0.6) is 0 Å². The van der Waals surface area contributed by atoms with Gasteiger partial charge in [0.05, 0.1) is 0 Å². The molecule has 3 rings (SSSR count). The van der Waals surface area contributed by atoms with Crippen molar-refractivity contribution in [2.24, 2.45) is 17.8 Å². The number of likely N-dealkylation sites (tertiary alicyclic amines) is 1. The van der Waals surface area contributed by atoms with E-state index in [1.807, 2.05) is 0 Å². The average Bonchev–Trinajstić information content (AvgIpc) is 3.21. The Balaban J connectivity index is 1.43. The largest absolute Gasteiger partial charge is 0.396 e. The van der Waals surface area contributed by atoms with Crippen LogP contribution in [0.25, 0.3) is 0 Å². The minimum Gasteiger partial charge on any atom is -0.396 e. The molecule has 2 unspecified atom stereocenters. The molecule has 0 aromatic heterocycles. The lowest BCUT2D eigenvalue weighted by Gasteiger charge is -2.32. The maximum Gasteiger partial charge on any atom is 0.0433 e. The van der Waals surface area contributed by atoms with Gasteiger partial charge < -0.3 is 5.11 Å². The van der Waals surface area contributed by atoms with E-state index in [4.69, 9.17) is 5.11 Å². The molecule has 19 heavy (non-hydrogen) atoms. The molecule has 2 nitrogen and oxygen atoms in total. The Kier molecular flexibility index (Phi) is 4.19. The maximum atomic E-state index is 8.99. The summed E-state index contributed by atoms with van der Waals surface area (Å²) in [4.78, 5) is 2.59. The highest BCUT2D eigenvalue weighted by Gasteiger charge is 2.42. The smallest absolute Gasteiger partial charge is 0.0433 e. The SMILES string of the molecule is OCCC1CC1C1CCN(Cc2ccccc2)CC1. The Labute approximate surface area is 116 Å². The van der Waals surface area contributed by atoms with E-state index in [-0.39, 0.29) is 0 Å². The van der Waals surface area contributed by atoms with E-state index in [1.165, 1.54) is 37.9 Å². The van der Waals surface area contributed by atoms with Crippen molar-refractivity contribution in [2.75, 3.05) is 19.7 Å². The van der Waals surface area contributed by atoms with Crippen LogP contribution in [0, 0.1) is 17.8 Å². The third-order valence-electron chi connectivity index (χ3n) is 4.96. The highest BCUT2D eigenvalue weighted by atomic mass is 16.3. The van der Waals surface area contributed by atoms with Crippen molar-refractivity contribution in [2.45, 2.75) is 32.2 Å². The van der Waals surface area contributed by atoms with E-state index >= 15 is 0 Å². The van der Waals surface area contributed by atoms with Crippen molar-refractivity contribution in [1.29, 1.82) is 0 Å². The number of hydrogen-bond acceptors (Lipinski definition) is 2. The molecular weight excluding hydrogens is 234 g/mol. The quantitative estimate of drug-likeness (QED) is 0.879. The van der Waals surface area contributed by atoms with Crippen molar-refractivity contribution >= 4 is 0 Å². The van der Waals surface area contributed by atoms with Crippen molar-refractivity contribution in [1.82, 2.24) is 4.90 Å². The number of aliphatic hydroxyl groups is 1. The van der Waals surface area contributed by atoms with Crippen LogP contribution in [-0.2, 0) is 6.54 Å². The van der Waals surface area contributed by atoms with E-state index < -0.39 is 0 Å². The van der Waals surface area contributed by atoms with Gasteiger partial charge >= 0.3 is 0 Å². The normalized spacial score (nSPS) is 28.5. The number of benzene rings is 1. The molecule has 1 heterocycles. The molecule has 1 aromatic rings. The lowest BCUT2D eigenvalue weighted by atomic mass is 9.90. The molecule has 2 fully saturated rings. The molecule has 2 aliphatic rings. The number of aliphatic hydroxyl groups excluding tert-OH is 1. The zero-order valence-corrected chi connectivity index (χ0v) is 11.7. The summed E-state index contributed by atoms with van der Waals surface area (Å²) >= 11 is 0. The molecular formula is C17H25NO. The summed E-state index contributed by atoms with van der Waals surface area (Å²) in [7, 11) is 0. The first-order valence-corrected chi connectivity index (χ1v) is 7.74. The maximum absolute atomic E-state index is 8.99. The lowest BCUT2D eigenvalue weighted by Crippen LogP contribution is -2.34. The van der Waals surface area contributed by atoms with Gasteiger partial charge in [0.2, 0.25) is 0 Å². The molecule has 0 spiro atoms. The van der Waals surface area contributed by atoms with Crippen molar-refractivity contribution < 1.29 is 5.11 Å². The summed E-state index contributed by atoms with van der Waals surface area (Å²) in [6, 6.07) is 10.8. The lowest BCUT2D eigenvalue weighted by molar-refractivity contribution is 0.160. The Bertz CT molecular complexity index is 384. The molecule has 2 heteroatoms. The van der Waals surface area contributed by atoms with Crippen LogP contribution < -0.4 is 0 Å². The van der Waals surface area contributed by atoms with Gasteiger partial charge in [-0.3, -0.25) is 4.90 Å². The van der Waals surface area contributed by atoms with Gasteiger partial charge in [-0.25, -0.2) is 0 Å². The molecule has 104 valence electrons. The van der Waals surface area contributed by atoms with E-state index in [1.54, 1.807) is 0 Å². The number of rotatable bonds is 5. The Morgan fingerprint density at radius 2 is 1.84 bits per heavy atom. The first-order chi connectivity index (χ1) is 9.36. The minimum atomic E-state index is 0.383. The predicted octanol–water partition coefficient (Wildman–Crippen LogP) is 2.92.